The van der Waals surface area contributed by atoms with Crippen molar-refractivity contribution in [2.75, 3.05) is 12.4 Å². The predicted octanol–water partition coefficient (Wildman–Crippen LogP) is 2.76. The van der Waals surface area contributed by atoms with Gasteiger partial charge in [-0.05, 0) is 48.9 Å². The molecule has 10 nitrogen and oxygen atoms in total. The number of hydrogen-bond acceptors (Lipinski definition) is 9. The third-order valence-electron chi connectivity index (χ3n) is 6.70. The number of halogens is 7. The second-order valence-electron chi connectivity index (χ2n) is 9.97. The van der Waals surface area contributed by atoms with E-state index < -0.39 is 75.0 Å². The summed E-state index contributed by atoms with van der Waals surface area (Å²) in [6.45, 7) is -0.501. The summed E-state index contributed by atoms with van der Waals surface area (Å²) in [5.74, 6) is -2.42. The van der Waals surface area contributed by atoms with Gasteiger partial charge in [0.2, 0.25) is 0 Å². The average Bonchev–Trinajstić information content (AvgIpc) is 3.42. The summed E-state index contributed by atoms with van der Waals surface area (Å²) in [4.78, 5) is 21.9. The van der Waals surface area contributed by atoms with Crippen LogP contribution in [0.25, 0.3) is 34.0 Å². The summed E-state index contributed by atoms with van der Waals surface area (Å²) < 4.78 is 134. The summed E-state index contributed by atoms with van der Waals surface area (Å²) in [6, 6.07) is 8.79. The summed E-state index contributed by atoms with van der Waals surface area (Å²) >= 11 is 0. The van der Waals surface area contributed by atoms with Crippen molar-refractivity contribution in [3.63, 3.8) is 0 Å². The molecular formula is C29H19F7N5NaO5S. The maximum atomic E-state index is 14.3. The number of pyridine rings is 1. The Morgan fingerprint density at radius 2 is 1.58 bits per heavy atom. The number of alkyl halides is 6. The van der Waals surface area contributed by atoms with Gasteiger partial charge in [0, 0.05) is 23.7 Å². The van der Waals surface area contributed by atoms with Crippen molar-refractivity contribution in [1.29, 1.82) is 0 Å². The zero-order valence-electron chi connectivity index (χ0n) is 24.5. The molecule has 48 heavy (non-hydrogen) atoms. The molecule has 5 rings (SSSR count). The van der Waals surface area contributed by atoms with E-state index in [9.17, 15) is 48.5 Å². The molecule has 1 aromatic heterocycles. The van der Waals surface area contributed by atoms with Gasteiger partial charge in [0.25, 0.3) is 0 Å². The molecule has 246 valence electrons. The van der Waals surface area contributed by atoms with Crippen LogP contribution in [0.5, 0.6) is 0 Å². The van der Waals surface area contributed by atoms with Crippen LogP contribution < -0.4 is 29.6 Å². The summed E-state index contributed by atoms with van der Waals surface area (Å²) in [5, 5.41) is 7.61. The van der Waals surface area contributed by atoms with E-state index >= 15 is 0 Å². The number of esters is 1. The fourth-order valence-electron chi connectivity index (χ4n) is 4.54. The maximum Gasteiger partial charge on any atom is 1.00 e. The third-order valence-corrected chi connectivity index (χ3v) is 7.49. The minimum atomic E-state index is -5.19. The first-order valence-corrected chi connectivity index (χ1v) is 14.9. The van der Waals surface area contributed by atoms with Crippen molar-refractivity contribution >= 4 is 16.1 Å². The van der Waals surface area contributed by atoms with E-state index in [1.165, 1.54) is 41.2 Å². The van der Waals surface area contributed by atoms with E-state index in [4.69, 9.17) is 4.74 Å². The van der Waals surface area contributed by atoms with Gasteiger partial charge in [-0.1, -0.05) is 18.2 Å². The monoisotopic (exact) mass is 705 g/mol. The Balaban J connectivity index is 0.00000520. The van der Waals surface area contributed by atoms with Crippen LogP contribution in [-0.4, -0.2) is 56.0 Å². The second kappa shape index (κ2) is 14.3. The third kappa shape index (κ3) is 8.54. The van der Waals surface area contributed by atoms with Crippen LogP contribution in [0.4, 0.5) is 30.7 Å². The van der Waals surface area contributed by atoms with Gasteiger partial charge in [-0.2, -0.15) is 36.5 Å². The van der Waals surface area contributed by atoms with Crippen LogP contribution in [0.3, 0.4) is 0 Å². The van der Waals surface area contributed by atoms with Gasteiger partial charge in [0.05, 0.1) is 50.5 Å². The van der Waals surface area contributed by atoms with Crippen LogP contribution >= 0.6 is 0 Å². The number of ether oxygens (including phenoxy) is 1. The van der Waals surface area contributed by atoms with E-state index in [0.29, 0.717) is 17.8 Å². The molecule has 0 radical (unpaired) electrons. The zero-order chi connectivity index (χ0) is 34.1. The molecule has 3 aromatic rings. The number of aromatic nitrogens is 5. The number of rotatable bonds is 9. The van der Waals surface area contributed by atoms with Crippen LogP contribution in [0.1, 0.15) is 29.3 Å². The van der Waals surface area contributed by atoms with E-state index in [0.717, 1.165) is 12.1 Å². The number of fused-ring (bicyclic) bond motifs is 1. The molecule has 0 spiro atoms. The SMILES string of the molecule is O=C(OCCCS(=O)(=O)[O-])C(c1ccc(-c2ccc(C(F)(F)F)cc2C(F)(F)F)nn1)n1ccc2nc(-c3ccccc3F)nc-2c1.[Na+]. The molecule has 0 saturated carbocycles. The number of carbonyl (C=O) groups excluding carboxylic acids is 1. The van der Waals surface area contributed by atoms with Crippen molar-refractivity contribution in [2.24, 2.45) is 0 Å². The standard InChI is InChI=1S/C29H20F7N5O5S.Na/c30-20-5-2-1-4-18(20)26-37-22-10-11-41(15-24(22)38-26)25(27(42)46-12-3-13-47(43,44)45)23-9-8-21(39-40-23)17-7-6-16(28(31,32)33)14-19(17)29(34,35)36;/h1-2,4-11,14-15,25H,3,12-13H2,(H,43,44,45);/q;+1/p-1. The molecule has 1 atom stereocenters. The van der Waals surface area contributed by atoms with E-state index in [-0.39, 0.29) is 64.8 Å². The van der Waals surface area contributed by atoms with Gasteiger partial charge in [0.15, 0.2) is 11.9 Å². The van der Waals surface area contributed by atoms with Crippen LogP contribution in [-0.2, 0) is 32.0 Å². The second-order valence-corrected chi connectivity index (χ2v) is 11.5. The van der Waals surface area contributed by atoms with Crippen molar-refractivity contribution in [1.82, 2.24) is 24.7 Å². The predicted molar refractivity (Wildman–Crippen MR) is 148 cm³/mol. The quantitative estimate of drug-likeness (QED) is 0.0745. The molecule has 3 heterocycles. The number of hydrogen-bond donors (Lipinski definition) is 0. The molecule has 2 aliphatic rings. The van der Waals surface area contributed by atoms with Crippen molar-refractivity contribution < 1.29 is 82.8 Å². The zero-order valence-corrected chi connectivity index (χ0v) is 27.3. The molecule has 2 aromatic carbocycles. The summed E-state index contributed by atoms with van der Waals surface area (Å²) in [5.41, 5.74) is -3.91. The maximum absolute atomic E-state index is 14.3. The molecule has 2 aliphatic heterocycles. The number of carbonyl (C=O) groups is 1. The van der Waals surface area contributed by atoms with Gasteiger partial charge < -0.3 is 13.9 Å². The minimum absolute atomic E-state index is 0. The van der Waals surface area contributed by atoms with Gasteiger partial charge in [-0.25, -0.2) is 27.6 Å². The Bertz CT molecular complexity index is 2000. The smallest absolute Gasteiger partial charge is 0.748 e. The Hall–Kier alpha value is -3.97. The molecule has 0 aliphatic carbocycles. The Labute approximate surface area is 289 Å². The van der Waals surface area contributed by atoms with Gasteiger partial charge in [0.1, 0.15) is 11.5 Å². The summed E-state index contributed by atoms with van der Waals surface area (Å²) in [6.07, 6.45) is -7.89. The van der Waals surface area contributed by atoms with Gasteiger partial charge in [-0.3, -0.25) is 0 Å². The first kappa shape index (κ1) is 36.9. The Morgan fingerprint density at radius 1 is 0.875 bits per heavy atom. The van der Waals surface area contributed by atoms with E-state index in [1.54, 1.807) is 6.07 Å². The summed E-state index contributed by atoms with van der Waals surface area (Å²) in [7, 11) is -4.60. The van der Waals surface area contributed by atoms with Gasteiger partial charge >= 0.3 is 47.9 Å². The Kier molecular flexibility index (Phi) is 10.9. The topological polar surface area (TPSA) is 140 Å². The molecule has 1 unspecified atom stereocenters. The van der Waals surface area contributed by atoms with Crippen molar-refractivity contribution in [2.45, 2.75) is 24.8 Å². The van der Waals surface area contributed by atoms with Crippen molar-refractivity contribution in [3.8, 4) is 34.0 Å². The fraction of sp³-hybridized carbons (Fsp3) is 0.207. The fourth-order valence-corrected chi connectivity index (χ4v) is 5.01. The molecule has 0 fully saturated rings. The normalized spacial score (nSPS) is 12.8. The van der Waals surface area contributed by atoms with Crippen LogP contribution in [0.15, 0.2) is 73.1 Å². The first-order chi connectivity index (χ1) is 22.0. The molecule has 0 saturated heterocycles. The van der Waals surface area contributed by atoms with Crippen LogP contribution in [0.2, 0.25) is 0 Å². The minimum Gasteiger partial charge on any atom is -0.748 e. The molecule has 0 bridgehead atoms. The number of imidazole rings is 1. The van der Waals surface area contributed by atoms with Crippen molar-refractivity contribution in [3.05, 3.63) is 95.7 Å². The number of benzene rings is 2. The molecular weight excluding hydrogens is 686 g/mol. The largest absolute Gasteiger partial charge is 1.00 e. The molecule has 0 amide bonds. The van der Waals surface area contributed by atoms with E-state index in [2.05, 4.69) is 20.2 Å². The number of nitrogens with zero attached hydrogens (tertiary/aromatic N) is 5. The first-order valence-electron chi connectivity index (χ1n) is 13.3. The van der Waals surface area contributed by atoms with Gasteiger partial charge in [-0.15, -0.1) is 0 Å². The van der Waals surface area contributed by atoms with Crippen LogP contribution in [0, 0.1) is 5.82 Å². The average molecular weight is 706 g/mol. The molecule has 0 N–H and O–H groups in total. The molecule has 19 heteroatoms. The Morgan fingerprint density at radius 3 is 2.21 bits per heavy atom. The van der Waals surface area contributed by atoms with E-state index in [1.807, 2.05) is 0 Å².